The normalized spacial score (nSPS) is 10.2. The Kier molecular flexibility index (Phi) is 7.28. The number of nitrogens with one attached hydrogen (secondary N) is 1. The molecule has 2 rings (SSSR count). The first-order chi connectivity index (χ1) is 13.3. The molecule has 0 spiro atoms. The molecule has 0 saturated carbocycles. The van der Waals surface area contributed by atoms with E-state index in [0.29, 0.717) is 11.4 Å². The lowest BCUT2D eigenvalue weighted by Crippen LogP contribution is -2.21. The van der Waals surface area contributed by atoms with E-state index in [2.05, 4.69) is 5.32 Å². The summed E-state index contributed by atoms with van der Waals surface area (Å²) in [5, 5.41) is 2.93. The van der Waals surface area contributed by atoms with Crippen LogP contribution in [0.5, 0.6) is 0 Å². The maximum Gasteiger partial charge on any atom is 0.341 e. The van der Waals surface area contributed by atoms with E-state index in [0.717, 1.165) is 4.88 Å². The molecule has 1 aromatic heterocycles. The molecule has 28 heavy (non-hydrogen) atoms. The largest absolute Gasteiger partial charge is 0.462 e. The number of carbonyl (C=O) groups is 4. The lowest BCUT2D eigenvalue weighted by Gasteiger charge is -2.07. The monoisotopic (exact) mass is 404 g/mol. The molecule has 0 fully saturated rings. The number of primary amides is 1. The van der Waals surface area contributed by atoms with Gasteiger partial charge in [-0.1, -0.05) is 6.92 Å². The van der Waals surface area contributed by atoms with Crippen molar-refractivity contribution in [2.24, 2.45) is 5.73 Å². The van der Waals surface area contributed by atoms with Gasteiger partial charge in [-0.05, 0) is 43.7 Å². The summed E-state index contributed by atoms with van der Waals surface area (Å²) in [5.41, 5.74) is 5.83. The number of ether oxygens (including phenoxy) is 2. The van der Waals surface area contributed by atoms with Gasteiger partial charge in [-0.2, -0.15) is 0 Å². The van der Waals surface area contributed by atoms with E-state index in [9.17, 15) is 19.2 Å². The Morgan fingerprint density at radius 1 is 1.00 bits per heavy atom. The number of anilines is 1. The van der Waals surface area contributed by atoms with E-state index >= 15 is 0 Å². The first-order valence-electron chi connectivity index (χ1n) is 8.52. The SMILES string of the molecule is CCOC(=O)c1cc(CC)sc1NC(=O)COC(=O)c1ccc(C(N)=O)cc1. The van der Waals surface area contributed by atoms with Gasteiger partial charge in [0.1, 0.15) is 5.00 Å². The van der Waals surface area contributed by atoms with Crippen LogP contribution in [-0.2, 0) is 20.7 Å². The quantitative estimate of drug-likeness (QED) is 0.651. The fourth-order valence-corrected chi connectivity index (χ4v) is 3.22. The minimum Gasteiger partial charge on any atom is -0.462 e. The first-order valence-corrected chi connectivity index (χ1v) is 9.34. The van der Waals surface area contributed by atoms with Crippen LogP contribution >= 0.6 is 11.3 Å². The fourth-order valence-electron chi connectivity index (χ4n) is 2.22. The number of nitrogens with two attached hydrogens (primary N) is 1. The van der Waals surface area contributed by atoms with E-state index in [1.54, 1.807) is 13.0 Å². The van der Waals surface area contributed by atoms with Crippen LogP contribution in [0.1, 0.15) is 49.8 Å². The summed E-state index contributed by atoms with van der Waals surface area (Å²) in [6, 6.07) is 7.22. The van der Waals surface area contributed by atoms with Gasteiger partial charge in [0.05, 0.1) is 17.7 Å². The van der Waals surface area contributed by atoms with Gasteiger partial charge >= 0.3 is 11.9 Å². The third kappa shape index (κ3) is 5.40. The minimum absolute atomic E-state index is 0.175. The molecule has 0 aliphatic heterocycles. The van der Waals surface area contributed by atoms with Gasteiger partial charge in [-0.3, -0.25) is 9.59 Å². The molecule has 2 aromatic rings. The molecule has 2 amide bonds. The van der Waals surface area contributed by atoms with Crippen molar-refractivity contribution in [1.82, 2.24) is 0 Å². The third-order valence-electron chi connectivity index (χ3n) is 3.62. The van der Waals surface area contributed by atoms with Crippen molar-refractivity contribution in [2.45, 2.75) is 20.3 Å². The highest BCUT2D eigenvalue weighted by molar-refractivity contribution is 7.16. The summed E-state index contributed by atoms with van der Waals surface area (Å²) >= 11 is 1.26. The van der Waals surface area contributed by atoms with Gasteiger partial charge in [-0.15, -0.1) is 11.3 Å². The highest BCUT2D eigenvalue weighted by Gasteiger charge is 2.19. The van der Waals surface area contributed by atoms with Crippen molar-refractivity contribution in [3.63, 3.8) is 0 Å². The van der Waals surface area contributed by atoms with E-state index in [1.807, 2.05) is 6.92 Å². The topological polar surface area (TPSA) is 125 Å². The molecule has 0 unspecified atom stereocenters. The number of amides is 2. The number of carbonyl (C=O) groups excluding carboxylic acids is 4. The van der Waals surface area contributed by atoms with Crippen molar-refractivity contribution >= 4 is 40.1 Å². The molecule has 8 nitrogen and oxygen atoms in total. The van der Waals surface area contributed by atoms with Gasteiger partial charge in [0.15, 0.2) is 6.61 Å². The van der Waals surface area contributed by atoms with Gasteiger partial charge in [0.2, 0.25) is 5.91 Å². The Hall–Kier alpha value is -3.20. The van der Waals surface area contributed by atoms with E-state index in [4.69, 9.17) is 15.2 Å². The number of hydrogen-bond donors (Lipinski definition) is 2. The molecule has 0 aliphatic carbocycles. The number of thiophene rings is 1. The first kappa shape index (κ1) is 21.1. The molecule has 0 saturated heterocycles. The molecular formula is C19H20N2O6S. The molecular weight excluding hydrogens is 384 g/mol. The standard InChI is InChI=1S/C19H20N2O6S/c1-3-13-9-14(19(25)26-4-2)17(28-13)21-15(22)10-27-18(24)12-7-5-11(6-8-12)16(20)23/h5-9H,3-4,10H2,1-2H3,(H2,20,23)(H,21,22). The van der Waals surface area contributed by atoms with Crippen LogP contribution in [0.3, 0.4) is 0 Å². The zero-order valence-electron chi connectivity index (χ0n) is 15.4. The van der Waals surface area contributed by atoms with Crippen LogP contribution < -0.4 is 11.1 Å². The Morgan fingerprint density at radius 2 is 1.64 bits per heavy atom. The van der Waals surface area contributed by atoms with Crippen molar-refractivity contribution < 1.29 is 28.7 Å². The van der Waals surface area contributed by atoms with Crippen LogP contribution in [0.2, 0.25) is 0 Å². The lowest BCUT2D eigenvalue weighted by atomic mass is 10.1. The number of aryl methyl sites for hydroxylation is 1. The predicted octanol–water partition coefficient (Wildman–Crippen LogP) is 2.38. The molecule has 0 atom stereocenters. The molecule has 0 aliphatic rings. The van der Waals surface area contributed by atoms with Crippen LogP contribution in [0, 0.1) is 0 Å². The number of rotatable bonds is 8. The number of benzene rings is 1. The summed E-state index contributed by atoms with van der Waals surface area (Å²) in [4.78, 5) is 48.1. The van der Waals surface area contributed by atoms with Crippen LogP contribution in [-0.4, -0.2) is 37.0 Å². The number of hydrogen-bond acceptors (Lipinski definition) is 7. The summed E-state index contributed by atoms with van der Waals surface area (Å²) in [6.45, 7) is 3.31. The lowest BCUT2D eigenvalue weighted by molar-refractivity contribution is -0.119. The van der Waals surface area contributed by atoms with Crippen molar-refractivity contribution in [1.29, 1.82) is 0 Å². The Balaban J connectivity index is 1.98. The average molecular weight is 404 g/mol. The van der Waals surface area contributed by atoms with E-state index < -0.39 is 30.4 Å². The van der Waals surface area contributed by atoms with Crippen LogP contribution in [0.25, 0.3) is 0 Å². The maximum absolute atomic E-state index is 12.1. The second-order valence-corrected chi connectivity index (χ2v) is 6.73. The summed E-state index contributed by atoms with van der Waals surface area (Å²) in [7, 11) is 0. The second kappa shape index (κ2) is 9.65. The van der Waals surface area contributed by atoms with Gasteiger partial charge in [0.25, 0.3) is 5.91 Å². The smallest absolute Gasteiger partial charge is 0.341 e. The predicted molar refractivity (Wildman–Crippen MR) is 104 cm³/mol. The summed E-state index contributed by atoms with van der Waals surface area (Å²) in [6.07, 6.45) is 0.698. The Labute approximate surface area is 165 Å². The summed E-state index contributed by atoms with van der Waals surface area (Å²) < 4.78 is 9.95. The highest BCUT2D eigenvalue weighted by atomic mass is 32.1. The van der Waals surface area contributed by atoms with E-state index in [1.165, 1.54) is 35.6 Å². The number of esters is 2. The average Bonchev–Trinajstić information content (AvgIpc) is 3.09. The zero-order valence-corrected chi connectivity index (χ0v) is 16.3. The molecule has 0 radical (unpaired) electrons. The van der Waals surface area contributed by atoms with Gasteiger partial charge in [-0.25, -0.2) is 9.59 Å². The molecule has 0 bridgehead atoms. The summed E-state index contributed by atoms with van der Waals surface area (Å²) in [5.74, 6) is -2.45. The van der Waals surface area contributed by atoms with Crippen LogP contribution in [0.4, 0.5) is 5.00 Å². The van der Waals surface area contributed by atoms with Crippen molar-refractivity contribution in [3.8, 4) is 0 Å². The third-order valence-corrected chi connectivity index (χ3v) is 4.81. The Morgan fingerprint density at radius 3 is 2.21 bits per heavy atom. The molecule has 1 heterocycles. The molecule has 3 N–H and O–H groups in total. The highest BCUT2D eigenvalue weighted by Crippen LogP contribution is 2.29. The van der Waals surface area contributed by atoms with Crippen LogP contribution in [0.15, 0.2) is 30.3 Å². The fraction of sp³-hybridized carbons (Fsp3) is 0.263. The second-order valence-electron chi connectivity index (χ2n) is 5.60. The van der Waals surface area contributed by atoms with Gasteiger partial charge in [0, 0.05) is 10.4 Å². The Bertz CT molecular complexity index is 888. The maximum atomic E-state index is 12.1. The van der Waals surface area contributed by atoms with Gasteiger partial charge < -0.3 is 20.5 Å². The van der Waals surface area contributed by atoms with Crippen molar-refractivity contribution in [2.75, 3.05) is 18.5 Å². The molecule has 9 heteroatoms. The molecule has 148 valence electrons. The van der Waals surface area contributed by atoms with E-state index in [-0.39, 0.29) is 23.3 Å². The van der Waals surface area contributed by atoms with Crippen molar-refractivity contribution in [3.05, 3.63) is 51.9 Å². The zero-order chi connectivity index (χ0) is 20.7. The molecule has 1 aromatic carbocycles. The minimum atomic E-state index is -0.725.